The molecule has 1 saturated heterocycles. The first-order valence-electron chi connectivity index (χ1n) is 10.0. The fraction of sp³-hybridized carbons (Fsp3) is 0.208. The largest absolute Gasteiger partial charge is 0.357 e. The summed E-state index contributed by atoms with van der Waals surface area (Å²) in [4.78, 5) is 13.2. The molecule has 31 heavy (non-hydrogen) atoms. The highest BCUT2D eigenvalue weighted by Gasteiger charge is 2.27. The van der Waals surface area contributed by atoms with Crippen molar-refractivity contribution in [3.8, 4) is 5.69 Å². The van der Waals surface area contributed by atoms with Gasteiger partial charge in [0.2, 0.25) is 0 Å². The predicted octanol–water partition coefficient (Wildman–Crippen LogP) is 6.56. The van der Waals surface area contributed by atoms with Crippen LogP contribution in [-0.2, 0) is 11.2 Å². The molecule has 0 radical (unpaired) electrons. The molecule has 7 heteroatoms. The van der Waals surface area contributed by atoms with Gasteiger partial charge in [0.25, 0.3) is 5.91 Å². The second-order valence-electron chi connectivity index (χ2n) is 7.43. The molecule has 2 N–H and O–H groups in total. The van der Waals surface area contributed by atoms with E-state index in [1.54, 1.807) is 12.1 Å². The minimum absolute atomic E-state index is 0.0849. The summed E-state index contributed by atoms with van der Waals surface area (Å²) in [5, 5.41) is 7.60. The van der Waals surface area contributed by atoms with Crippen molar-refractivity contribution in [3.63, 3.8) is 0 Å². The summed E-state index contributed by atoms with van der Waals surface area (Å²) in [6, 6.07) is 15.7. The second kappa shape index (κ2) is 9.03. The fourth-order valence-electron chi connectivity index (χ4n) is 3.66. The zero-order chi connectivity index (χ0) is 22.1. The number of anilines is 1. The van der Waals surface area contributed by atoms with E-state index in [4.69, 9.17) is 23.2 Å². The number of amides is 1. The molecule has 1 aromatic heterocycles. The minimum Gasteiger partial charge on any atom is -0.357 e. The lowest BCUT2D eigenvalue weighted by atomic mass is 10.1. The van der Waals surface area contributed by atoms with Gasteiger partial charge in [-0.25, -0.2) is 0 Å². The third-order valence-corrected chi connectivity index (χ3v) is 6.88. The molecular formula is C24H23Cl2N3OS. The van der Waals surface area contributed by atoms with Crippen LogP contribution in [-0.4, -0.2) is 16.0 Å². The molecule has 1 aliphatic heterocycles. The van der Waals surface area contributed by atoms with Crippen molar-refractivity contribution in [2.24, 2.45) is 0 Å². The van der Waals surface area contributed by atoms with Crippen LogP contribution in [0.2, 0.25) is 10.0 Å². The Labute approximate surface area is 196 Å². The molecule has 0 saturated carbocycles. The van der Waals surface area contributed by atoms with Gasteiger partial charge in [-0.1, -0.05) is 54.0 Å². The number of hydrogen-bond acceptors (Lipinski definition) is 3. The van der Waals surface area contributed by atoms with E-state index in [2.05, 4.69) is 40.3 Å². The highest BCUT2D eigenvalue weighted by Crippen LogP contribution is 2.33. The molecule has 4 rings (SSSR count). The number of carbonyl (C=O) groups is 1. The number of nitrogens with one attached hydrogen (secondary N) is 2. The maximum Gasteiger partial charge on any atom is 0.260 e. The average Bonchev–Trinajstić information content (AvgIpc) is 3.22. The molecule has 160 valence electrons. The van der Waals surface area contributed by atoms with Crippen LogP contribution in [0.1, 0.15) is 29.4 Å². The molecule has 3 aromatic rings. The summed E-state index contributed by atoms with van der Waals surface area (Å²) in [7, 11) is 0. The van der Waals surface area contributed by atoms with Crippen molar-refractivity contribution < 1.29 is 4.79 Å². The lowest BCUT2D eigenvalue weighted by Gasteiger charge is -2.13. The van der Waals surface area contributed by atoms with Crippen molar-refractivity contribution in [3.05, 3.63) is 86.0 Å². The number of aromatic nitrogens is 1. The molecular weight excluding hydrogens is 449 g/mol. The molecule has 1 atom stereocenters. The normalized spacial score (nSPS) is 17.3. The summed E-state index contributed by atoms with van der Waals surface area (Å²) < 4.78 is 2.06. The summed E-state index contributed by atoms with van der Waals surface area (Å²) in [6.45, 7) is 6.15. The average molecular weight is 472 g/mol. The second-order valence-corrected chi connectivity index (χ2v) is 9.42. The number of nitrogens with zero attached hydrogens (tertiary/aromatic N) is 1. The van der Waals surface area contributed by atoms with Gasteiger partial charge in [0.1, 0.15) is 0 Å². The number of rotatable bonds is 5. The van der Waals surface area contributed by atoms with E-state index < -0.39 is 0 Å². The first-order valence-corrected chi connectivity index (χ1v) is 11.7. The molecule has 1 fully saturated rings. The van der Waals surface area contributed by atoms with Gasteiger partial charge in [0.05, 0.1) is 15.6 Å². The van der Waals surface area contributed by atoms with E-state index in [1.807, 2.05) is 38.1 Å². The molecule has 0 unspecified atom stereocenters. The Morgan fingerprint density at radius 2 is 1.87 bits per heavy atom. The summed E-state index contributed by atoms with van der Waals surface area (Å²) in [5.41, 5.74) is 5.86. The highest BCUT2D eigenvalue weighted by molar-refractivity contribution is 8.05. The number of halogens is 2. The smallest absolute Gasteiger partial charge is 0.260 e. The van der Waals surface area contributed by atoms with Crippen molar-refractivity contribution in [1.82, 2.24) is 9.88 Å². The van der Waals surface area contributed by atoms with Gasteiger partial charge in [-0.15, -0.1) is 0 Å². The standard InChI is InChI=1S/C24H23Cl2N3OS/c1-4-16-5-8-19(9-6-16)27-24-28-23(30)22(31-24)12-17-11-14(2)29(15(17)3)21-13-18(25)7-10-20(21)26/h5-13,24,27H,4H2,1-3H3,(H,28,30)/b22-12-/t24-/m1/s1. The van der Waals surface area contributed by atoms with E-state index in [-0.39, 0.29) is 11.4 Å². The Bertz CT molecular complexity index is 1170. The van der Waals surface area contributed by atoms with Crippen LogP contribution >= 0.6 is 35.0 Å². The lowest BCUT2D eigenvalue weighted by molar-refractivity contribution is -0.116. The van der Waals surface area contributed by atoms with Crippen LogP contribution in [0.5, 0.6) is 0 Å². The van der Waals surface area contributed by atoms with Crippen molar-refractivity contribution >= 4 is 52.6 Å². The maximum absolute atomic E-state index is 12.6. The molecule has 1 amide bonds. The Hall–Kier alpha value is -2.34. The molecule has 2 heterocycles. The van der Waals surface area contributed by atoms with Crippen LogP contribution in [0.4, 0.5) is 5.69 Å². The van der Waals surface area contributed by atoms with Gasteiger partial charge in [-0.3, -0.25) is 4.79 Å². The van der Waals surface area contributed by atoms with Gasteiger partial charge in [0, 0.05) is 22.1 Å². The fourth-order valence-corrected chi connectivity index (χ4v) is 5.00. The summed E-state index contributed by atoms with van der Waals surface area (Å²) in [6.07, 6.45) is 2.93. The van der Waals surface area contributed by atoms with Gasteiger partial charge in [-0.2, -0.15) is 0 Å². The molecule has 1 aliphatic rings. The molecule has 0 spiro atoms. The zero-order valence-corrected chi connectivity index (χ0v) is 19.8. The Balaban J connectivity index is 1.57. The highest BCUT2D eigenvalue weighted by atomic mass is 35.5. The molecule has 4 nitrogen and oxygen atoms in total. The maximum atomic E-state index is 12.6. The van der Waals surface area contributed by atoms with Crippen molar-refractivity contribution in [1.29, 1.82) is 0 Å². The third-order valence-electron chi connectivity index (χ3n) is 5.30. The van der Waals surface area contributed by atoms with E-state index in [9.17, 15) is 4.79 Å². The first kappa shape index (κ1) is 21.9. The number of benzene rings is 2. The number of thioether (sulfide) groups is 1. The van der Waals surface area contributed by atoms with Gasteiger partial charge in [0.15, 0.2) is 5.50 Å². The van der Waals surface area contributed by atoms with E-state index in [0.717, 1.165) is 34.7 Å². The predicted molar refractivity (Wildman–Crippen MR) is 132 cm³/mol. The molecule has 2 aromatic carbocycles. The third kappa shape index (κ3) is 4.64. The van der Waals surface area contributed by atoms with Crippen molar-refractivity contribution in [2.75, 3.05) is 5.32 Å². The number of carbonyl (C=O) groups excluding carboxylic acids is 1. The van der Waals surface area contributed by atoms with Crippen LogP contribution in [0.25, 0.3) is 11.8 Å². The van der Waals surface area contributed by atoms with Crippen LogP contribution in [0, 0.1) is 13.8 Å². The van der Waals surface area contributed by atoms with Crippen molar-refractivity contribution in [2.45, 2.75) is 32.7 Å². The van der Waals surface area contributed by atoms with E-state index >= 15 is 0 Å². The monoisotopic (exact) mass is 471 g/mol. The first-order chi connectivity index (χ1) is 14.9. The van der Waals surface area contributed by atoms with Gasteiger partial charge < -0.3 is 15.2 Å². The van der Waals surface area contributed by atoms with Crippen LogP contribution in [0.15, 0.2) is 53.4 Å². The topological polar surface area (TPSA) is 46.1 Å². The number of hydrogen-bond donors (Lipinski definition) is 2. The summed E-state index contributed by atoms with van der Waals surface area (Å²) >= 11 is 14.1. The van der Waals surface area contributed by atoms with Crippen LogP contribution < -0.4 is 10.6 Å². The van der Waals surface area contributed by atoms with E-state index in [1.165, 1.54) is 17.3 Å². The number of aryl methyl sites for hydroxylation is 2. The molecule has 0 bridgehead atoms. The Kier molecular flexibility index (Phi) is 6.37. The van der Waals surface area contributed by atoms with Crippen LogP contribution in [0.3, 0.4) is 0 Å². The Morgan fingerprint density at radius 1 is 1.13 bits per heavy atom. The van der Waals surface area contributed by atoms with Gasteiger partial charge >= 0.3 is 0 Å². The molecule has 0 aliphatic carbocycles. The summed E-state index contributed by atoms with van der Waals surface area (Å²) in [5.74, 6) is -0.0849. The van der Waals surface area contributed by atoms with E-state index in [0.29, 0.717) is 15.0 Å². The minimum atomic E-state index is -0.211. The zero-order valence-electron chi connectivity index (χ0n) is 17.5. The SMILES string of the molecule is CCc1ccc(N[C@@H]2NC(=O)/C(=C/c3cc(C)n(-c4cc(Cl)ccc4Cl)c3C)S2)cc1. The Morgan fingerprint density at radius 3 is 2.58 bits per heavy atom. The lowest BCUT2D eigenvalue weighted by Crippen LogP contribution is -2.30. The quantitative estimate of drug-likeness (QED) is 0.413. The van der Waals surface area contributed by atoms with Gasteiger partial charge in [-0.05, 0) is 73.9 Å².